The molecule has 214 valence electrons. The van der Waals surface area contributed by atoms with Crippen LogP contribution in [-0.2, 0) is 20.9 Å². The normalized spacial score (nSPS) is 15.3. The molecule has 1 saturated heterocycles. The van der Waals surface area contributed by atoms with Crippen LogP contribution in [0.4, 0.5) is 5.69 Å². The van der Waals surface area contributed by atoms with Gasteiger partial charge < -0.3 is 24.3 Å². The predicted molar refractivity (Wildman–Crippen MR) is 152 cm³/mol. The van der Waals surface area contributed by atoms with Gasteiger partial charge in [-0.2, -0.15) is 0 Å². The van der Waals surface area contributed by atoms with Gasteiger partial charge in [-0.05, 0) is 54.8 Å². The summed E-state index contributed by atoms with van der Waals surface area (Å²) < 4.78 is 23.5. The van der Waals surface area contributed by atoms with Gasteiger partial charge in [0.15, 0.2) is 11.5 Å². The topological polar surface area (TPSA) is 117 Å². The molecule has 11 heteroatoms. The molecule has 1 fully saturated rings. The minimum absolute atomic E-state index is 0.0674. The minimum Gasteiger partial charge on any atom is -0.497 e. The SMILES string of the molecule is COc1ccc([C@@H](C(=O)NC[C@H]2CCCO2)N(C(=O)Cn2nnc3ccccc32)c2ccc(OC)c(OC)c2)cc1. The van der Waals surface area contributed by atoms with Crippen molar-refractivity contribution in [3.8, 4) is 17.2 Å². The van der Waals surface area contributed by atoms with Gasteiger partial charge in [0.25, 0.3) is 0 Å². The number of anilines is 1. The maximum atomic E-state index is 14.2. The van der Waals surface area contributed by atoms with Gasteiger partial charge in [-0.15, -0.1) is 5.10 Å². The molecule has 2 atom stereocenters. The fourth-order valence-corrected chi connectivity index (χ4v) is 4.97. The standard InChI is InChI=1S/C30H33N5O6/c1-38-22-13-10-20(11-14-22)29(30(37)31-18-23-7-6-16-41-23)35(21-12-15-26(39-2)27(17-21)40-3)28(36)19-34-25-9-5-4-8-24(25)32-33-34/h4-5,8-15,17,23,29H,6-7,16,18-19H2,1-3H3,(H,31,37)/t23-,29+/m1/s1. The maximum absolute atomic E-state index is 14.2. The van der Waals surface area contributed by atoms with E-state index in [1.165, 1.54) is 23.8 Å². The molecular formula is C30H33N5O6. The highest BCUT2D eigenvalue weighted by molar-refractivity contribution is 6.01. The molecule has 2 amide bonds. The number of methoxy groups -OCH3 is 3. The Morgan fingerprint density at radius 1 is 1.02 bits per heavy atom. The monoisotopic (exact) mass is 559 g/mol. The number of fused-ring (bicyclic) bond motifs is 1. The zero-order valence-electron chi connectivity index (χ0n) is 23.3. The zero-order chi connectivity index (χ0) is 28.8. The molecule has 1 aliphatic heterocycles. The molecule has 1 aromatic heterocycles. The number of carbonyl (C=O) groups is 2. The summed E-state index contributed by atoms with van der Waals surface area (Å²) in [5.41, 5.74) is 2.42. The van der Waals surface area contributed by atoms with E-state index in [-0.39, 0.29) is 24.5 Å². The number of rotatable bonds is 11. The molecule has 0 unspecified atom stereocenters. The Labute approximate surface area is 237 Å². The van der Waals surface area contributed by atoms with E-state index < -0.39 is 6.04 Å². The van der Waals surface area contributed by atoms with E-state index in [1.807, 2.05) is 24.3 Å². The average molecular weight is 560 g/mol. The maximum Gasteiger partial charge on any atom is 0.249 e. The Morgan fingerprint density at radius 2 is 1.80 bits per heavy atom. The van der Waals surface area contributed by atoms with Gasteiger partial charge in [-0.1, -0.05) is 29.5 Å². The number of para-hydroxylation sites is 1. The molecule has 0 saturated carbocycles. The largest absolute Gasteiger partial charge is 0.497 e. The van der Waals surface area contributed by atoms with E-state index in [0.29, 0.717) is 52.7 Å². The molecule has 0 aliphatic carbocycles. The van der Waals surface area contributed by atoms with Gasteiger partial charge in [0.05, 0.1) is 33.0 Å². The fraction of sp³-hybridized carbons (Fsp3) is 0.333. The van der Waals surface area contributed by atoms with Gasteiger partial charge in [-0.3, -0.25) is 14.5 Å². The lowest BCUT2D eigenvalue weighted by atomic mass is 10.0. The van der Waals surface area contributed by atoms with Gasteiger partial charge in [0.1, 0.15) is 23.9 Å². The number of amides is 2. The highest BCUT2D eigenvalue weighted by atomic mass is 16.5. The molecule has 0 bridgehead atoms. The summed E-state index contributed by atoms with van der Waals surface area (Å²) in [5, 5.41) is 11.4. The van der Waals surface area contributed by atoms with Gasteiger partial charge in [0.2, 0.25) is 11.8 Å². The van der Waals surface area contributed by atoms with Crippen molar-refractivity contribution in [3.63, 3.8) is 0 Å². The van der Waals surface area contributed by atoms with Gasteiger partial charge in [0, 0.05) is 24.9 Å². The van der Waals surface area contributed by atoms with Crippen molar-refractivity contribution >= 4 is 28.5 Å². The molecule has 4 aromatic rings. The van der Waals surface area contributed by atoms with E-state index in [1.54, 1.807) is 49.6 Å². The van der Waals surface area contributed by atoms with Crippen molar-refractivity contribution in [3.05, 3.63) is 72.3 Å². The van der Waals surface area contributed by atoms with Crippen LogP contribution in [0.2, 0.25) is 0 Å². The summed E-state index contributed by atoms with van der Waals surface area (Å²) in [5.74, 6) is 0.820. The molecular weight excluding hydrogens is 526 g/mol. The first kappa shape index (κ1) is 27.9. The lowest BCUT2D eigenvalue weighted by molar-refractivity contribution is -0.127. The average Bonchev–Trinajstić information content (AvgIpc) is 3.69. The Kier molecular flexibility index (Phi) is 8.64. The lowest BCUT2D eigenvalue weighted by Crippen LogP contribution is -2.46. The van der Waals surface area contributed by atoms with E-state index in [9.17, 15) is 9.59 Å². The van der Waals surface area contributed by atoms with Crippen LogP contribution in [0.5, 0.6) is 17.2 Å². The summed E-state index contributed by atoms with van der Waals surface area (Å²) in [6.45, 7) is 0.859. The summed E-state index contributed by atoms with van der Waals surface area (Å²) in [7, 11) is 4.63. The Morgan fingerprint density at radius 3 is 2.51 bits per heavy atom. The highest BCUT2D eigenvalue weighted by Crippen LogP contribution is 2.36. The van der Waals surface area contributed by atoms with Gasteiger partial charge >= 0.3 is 0 Å². The van der Waals surface area contributed by atoms with Crippen molar-refractivity contribution in [1.82, 2.24) is 20.3 Å². The van der Waals surface area contributed by atoms with E-state index in [0.717, 1.165) is 12.8 Å². The Balaban J connectivity index is 1.58. The second kappa shape index (κ2) is 12.7. The second-order valence-corrected chi connectivity index (χ2v) is 9.59. The van der Waals surface area contributed by atoms with E-state index in [4.69, 9.17) is 18.9 Å². The second-order valence-electron chi connectivity index (χ2n) is 9.59. The molecule has 5 rings (SSSR count). The number of ether oxygens (including phenoxy) is 4. The van der Waals surface area contributed by atoms with Crippen molar-refractivity contribution in [2.45, 2.75) is 31.5 Å². The van der Waals surface area contributed by atoms with E-state index in [2.05, 4.69) is 15.6 Å². The lowest BCUT2D eigenvalue weighted by Gasteiger charge is -2.32. The van der Waals surface area contributed by atoms with Crippen LogP contribution in [0.1, 0.15) is 24.4 Å². The molecule has 3 aromatic carbocycles. The summed E-state index contributed by atoms with van der Waals surface area (Å²) in [4.78, 5) is 29.7. The quantitative estimate of drug-likeness (QED) is 0.297. The summed E-state index contributed by atoms with van der Waals surface area (Å²) in [6, 6.07) is 18.6. The number of benzene rings is 3. The van der Waals surface area contributed by atoms with Crippen molar-refractivity contribution < 1.29 is 28.5 Å². The number of nitrogens with zero attached hydrogens (tertiary/aromatic N) is 4. The third-order valence-corrected chi connectivity index (χ3v) is 7.09. The van der Waals surface area contributed by atoms with Crippen LogP contribution in [-0.4, -0.2) is 67.4 Å². The molecule has 11 nitrogen and oxygen atoms in total. The number of aromatic nitrogens is 3. The van der Waals surface area contributed by atoms with Gasteiger partial charge in [-0.25, -0.2) is 4.68 Å². The van der Waals surface area contributed by atoms with Crippen LogP contribution in [0.15, 0.2) is 66.7 Å². The number of carbonyl (C=O) groups excluding carboxylic acids is 2. The number of hydrogen-bond donors (Lipinski definition) is 1. The first-order valence-electron chi connectivity index (χ1n) is 13.4. The molecule has 1 aliphatic rings. The van der Waals surface area contributed by atoms with E-state index >= 15 is 0 Å². The third-order valence-electron chi connectivity index (χ3n) is 7.09. The first-order chi connectivity index (χ1) is 20.0. The van der Waals surface area contributed by atoms with Crippen LogP contribution < -0.4 is 24.4 Å². The third kappa shape index (κ3) is 6.09. The smallest absolute Gasteiger partial charge is 0.249 e. The van der Waals surface area contributed by atoms with Crippen molar-refractivity contribution in [1.29, 1.82) is 0 Å². The minimum atomic E-state index is -1.03. The van der Waals surface area contributed by atoms with Crippen LogP contribution in [0.3, 0.4) is 0 Å². The van der Waals surface area contributed by atoms with Crippen LogP contribution in [0.25, 0.3) is 11.0 Å². The van der Waals surface area contributed by atoms with Crippen LogP contribution >= 0.6 is 0 Å². The number of hydrogen-bond acceptors (Lipinski definition) is 8. The molecule has 2 heterocycles. The zero-order valence-corrected chi connectivity index (χ0v) is 23.3. The summed E-state index contributed by atoms with van der Waals surface area (Å²) >= 11 is 0. The molecule has 41 heavy (non-hydrogen) atoms. The highest BCUT2D eigenvalue weighted by Gasteiger charge is 2.34. The predicted octanol–water partition coefficient (Wildman–Crippen LogP) is 3.53. The number of nitrogens with one attached hydrogen (secondary N) is 1. The fourth-order valence-electron chi connectivity index (χ4n) is 4.97. The molecule has 0 radical (unpaired) electrons. The van der Waals surface area contributed by atoms with Crippen molar-refractivity contribution in [2.24, 2.45) is 0 Å². The summed E-state index contributed by atoms with van der Waals surface area (Å²) in [6.07, 6.45) is 1.75. The molecule has 1 N–H and O–H groups in total. The Hall–Kier alpha value is -4.64. The molecule has 0 spiro atoms. The van der Waals surface area contributed by atoms with Crippen LogP contribution in [0, 0.1) is 0 Å². The Bertz CT molecular complexity index is 1500. The first-order valence-corrected chi connectivity index (χ1v) is 13.4. The van der Waals surface area contributed by atoms with Crippen molar-refractivity contribution in [2.75, 3.05) is 39.4 Å².